The molecule has 1 aliphatic rings. The number of piperidine rings is 1. The van der Waals surface area contributed by atoms with E-state index in [1.165, 1.54) is 25.2 Å². The molecule has 1 saturated heterocycles. The fourth-order valence-electron chi connectivity index (χ4n) is 3.00. The number of hydrogen-bond donors (Lipinski definition) is 1. The van der Waals surface area contributed by atoms with Crippen LogP contribution in [0.25, 0.3) is 5.69 Å². The number of aromatic nitrogens is 3. The van der Waals surface area contributed by atoms with Crippen LogP contribution in [-0.2, 0) is 0 Å². The molecule has 2 atom stereocenters. The number of likely N-dealkylation sites (tertiary alicyclic amines) is 1. The maximum Gasteiger partial charge on any atom is 0.0697 e. The first kappa shape index (κ1) is 14.1. The number of rotatable bonds is 4. The van der Waals surface area contributed by atoms with Crippen molar-refractivity contribution >= 4 is 5.69 Å². The minimum atomic E-state index is 0.560. The normalized spacial score (nSPS) is 23.1. The first-order chi connectivity index (χ1) is 10.3. The standard InChI is InChI=1S/C16H23N5/c1-3-20-10-8-16(13(2)12-20)18-14-4-6-15(7-5-14)21-11-9-17-19-21/h4-7,9,11,13,16,18H,3,8,10,12H2,1-2H3/t13-,16+/m1/s1. The third-order valence-electron chi connectivity index (χ3n) is 4.34. The second-order valence-corrected chi connectivity index (χ2v) is 5.80. The summed E-state index contributed by atoms with van der Waals surface area (Å²) in [6.07, 6.45) is 4.75. The summed E-state index contributed by atoms with van der Waals surface area (Å²) in [6, 6.07) is 8.95. The lowest BCUT2D eigenvalue weighted by atomic mass is 9.93. The topological polar surface area (TPSA) is 46.0 Å². The first-order valence-electron chi connectivity index (χ1n) is 7.72. The fraction of sp³-hybridized carbons (Fsp3) is 0.500. The summed E-state index contributed by atoms with van der Waals surface area (Å²) in [5, 5.41) is 11.5. The largest absolute Gasteiger partial charge is 0.382 e. The van der Waals surface area contributed by atoms with Gasteiger partial charge in [0.15, 0.2) is 0 Å². The summed E-state index contributed by atoms with van der Waals surface area (Å²) >= 11 is 0. The number of nitrogens with zero attached hydrogens (tertiary/aromatic N) is 4. The predicted octanol–water partition coefficient (Wildman–Crippen LogP) is 2.41. The molecule has 5 nitrogen and oxygen atoms in total. The van der Waals surface area contributed by atoms with Crippen molar-refractivity contribution in [3.63, 3.8) is 0 Å². The maximum absolute atomic E-state index is 4.00. The Hall–Kier alpha value is -1.88. The van der Waals surface area contributed by atoms with E-state index in [0.717, 1.165) is 12.2 Å². The molecule has 21 heavy (non-hydrogen) atoms. The van der Waals surface area contributed by atoms with Gasteiger partial charge in [0.25, 0.3) is 0 Å². The van der Waals surface area contributed by atoms with E-state index in [0.29, 0.717) is 12.0 Å². The Kier molecular flexibility index (Phi) is 4.20. The van der Waals surface area contributed by atoms with Crippen LogP contribution < -0.4 is 5.32 Å². The minimum absolute atomic E-state index is 0.560. The van der Waals surface area contributed by atoms with Gasteiger partial charge in [-0.05, 0) is 43.1 Å². The Balaban J connectivity index is 1.63. The fourth-order valence-corrected chi connectivity index (χ4v) is 3.00. The highest BCUT2D eigenvalue weighted by Crippen LogP contribution is 2.21. The van der Waals surface area contributed by atoms with Crippen LogP contribution >= 0.6 is 0 Å². The van der Waals surface area contributed by atoms with Crippen LogP contribution in [0.15, 0.2) is 36.7 Å². The molecule has 2 aromatic rings. The molecule has 5 heteroatoms. The second-order valence-electron chi connectivity index (χ2n) is 5.80. The zero-order chi connectivity index (χ0) is 14.7. The second kappa shape index (κ2) is 6.26. The third-order valence-corrected chi connectivity index (χ3v) is 4.34. The molecule has 3 rings (SSSR count). The molecular formula is C16H23N5. The summed E-state index contributed by atoms with van der Waals surface area (Å²) < 4.78 is 1.77. The van der Waals surface area contributed by atoms with Crippen molar-refractivity contribution in [2.24, 2.45) is 5.92 Å². The lowest BCUT2D eigenvalue weighted by molar-refractivity contribution is 0.179. The van der Waals surface area contributed by atoms with Gasteiger partial charge in [-0.15, -0.1) is 5.10 Å². The van der Waals surface area contributed by atoms with Crippen molar-refractivity contribution in [1.29, 1.82) is 0 Å². The SMILES string of the molecule is CCN1CC[C@H](Nc2ccc(-n3ccnn3)cc2)[C@H](C)C1. The molecule has 0 unspecified atom stereocenters. The van der Waals surface area contributed by atoms with Crippen molar-refractivity contribution in [3.8, 4) is 5.69 Å². The highest BCUT2D eigenvalue weighted by atomic mass is 15.4. The lowest BCUT2D eigenvalue weighted by Gasteiger charge is -2.37. The van der Waals surface area contributed by atoms with E-state index in [4.69, 9.17) is 0 Å². The van der Waals surface area contributed by atoms with Gasteiger partial charge in [-0.25, -0.2) is 4.68 Å². The summed E-state index contributed by atoms with van der Waals surface area (Å²) in [5.41, 5.74) is 2.22. The van der Waals surface area contributed by atoms with Crippen molar-refractivity contribution in [3.05, 3.63) is 36.7 Å². The van der Waals surface area contributed by atoms with Crippen molar-refractivity contribution < 1.29 is 0 Å². The number of anilines is 1. The Morgan fingerprint density at radius 1 is 1.29 bits per heavy atom. The van der Waals surface area contributed by atoms with Crippen LogP contribution in [-0.4, -0.2) is 45.6 Å². The van der Waals surface area contributed by atoms with Gasteiger partial charge in [0.05, 0.1) is 18.1 Å². The molecule has 112 valence electrons. The highest BCUT2D eigenvalue weighted by Gasteiger charge is 2.24. The van der Waals surface area contributed by atoms with Gasteiger partial charge in [0, 0.05) is 24.8 Å². The monoisotopic (exact) mass is 285 g/mol. The molecule has 0 aliphatic carbocycles. The van der Waals surface area contributed by atoms with Crippen LogP contribution in [0.3, 0.4) is 0 Å². The van der Waals surface area contributed by atoms with Gasteiger partial charge in [-0.1, -0.05) is 19.1 Å². The van der Waals surface area contributed by atoms with Gasteiger partial charge in [0.2, 0.25) is 0 Å². The van der Waals surface area contributed by atoms with Crippen LogP contribution in [0.4, 0.5) is 5.69 Å². The van der Waals surface area contributed by atoms with E-state index in [9.17, 15) is 0 Å². The van der Waals surface area contributed by atoms with Crippen molar-refractivity contribution in [2.45, 2.75) is 26.3 Å². The maximum atomic E-state index is 4.00. The molecule has 1 fully saturated rings. The smallest absolute Gasteiger partial charge is 0.0697 e. The predicted molar refractivity (Wildman–Crippen MR) is 84.7 cm³/mol. The summed E-state index contributed by atoms with van der Waals surface area (Å²) in [6.45, 7) is 8.11. The molecule has 0 bridgehead atoms. The molecule has 0 radical (unpaired) electrons. The Labute approximate surface area is 126 Å². The third kappa shape index (κ3) is 3.24. The van der Waals surface area contributed by atoms with Gasteiger partial charge >= 0.3 is 0 Å². The minimum Gasteiger partial charge on any atom is -0.382 e. The van der Waals surface area contributed by atoms with Crippen LogP contribution in [0.1, 0.15) is 20.3 Å². The molecule has 1 aromatic carbocycles. The van der Waals surface area contributed by atoms with E-state index in [-0.39, 0.29) is 0 Å². The molecular weight excluding hydrogens is 262 g/mol. The average molecular weight is 285 g/mol. The van der Waals surface area contributed by atoms with E-state index >= 15 is 0 Å². The van der Waals surface area contributed by atoms with E-state index in [1.807, 2.05) is 6.20 Å². The van der Waals surface area contributed by atoms with Crippen LogP contribution in [0, 0.1) is 5.92 Å². The zero-order valence-electron chi connectivity index (χ0n) is 12.7. The van der Waals surface area contributed by atoms with Crippen LogP contribution in [0.5, 0.6) is 0 Å². The van der Waals surface area contributed by atoms with Crippen molar-refractivity contribution in [2.75, 3.05) is 25.0 Å². The van der Waals surface area contributed by atoms with Crippen molar-refractivity contribution in [1.82, 2.24) is 19.9 Å². The highest BCUT2D eigenvalue weighted by molar-refractivity contribution is 5.49. The molecule has 0 amide bonds. The lowest BCUT2D eigenvalue weighted by Crippen LogP contribution is -2.44. The van der Waals surface area contributed by atoms with Gasteiger partial charge in [-0.2, -0.15) is 0 Å². The number of nitrogens with one attached hydrogen (secondary N) is 1. The average Bonchev–Trinajstić information content (AvgIpc) is 3.04. The van der Waals surface area contributed by atoms with E-state index in [1.54, 1.807) is 10.9 Å². The molecule has 1 aromatic heterocycles. The van der Waals surface area contributed by atoms with Gasteiger partial charge < -0.3 is 10.2 Å². The molecule has 1 N–H and O–H groups in total. The Morgan fingerprint density at radius 3 is 2.71 bits per heavy atom. The van der Waals surface area contributed by atoms with E-state index < -0.39 is 0 Å². The van der Waals surface area contributed by atoms with Gasteiger partial charge in [0.1, 0.15) is 0 Å². The quantitative estimate of drug-likeness (QED) is 0.937. The zero-order valence-corrected chi connectivity index (χ0v) is 12.7. The van der Waals surface area contributed by atoms with Gasteiger partial charge in [-0.3, -0.25) is 0 Å². The Morgan fingerprint density at radius 2 is 2.10 bits per heavy atom. The Bertz CT molecular complexity index is 549. The number of hydrogen-bond acceptors (Lipinski definition) is 4. The summed E-state index contributed by atoms with van der Waals surface area (Å²) in [4.78, 5) is 2.52. The summed E-state index contributed by atoms with van der Waals surface area (Å²) in [7, 11) is 0. The molecule has 0 spiro atoms. The first-order valence-corrected chi connectivity index (χ1v) is 7.72. The van der Waals surface area contributed by atoms with E-state index in [2.05, 4.69) is 58.6 Å². The molecule has 1 aliphatic heterocycles. The molecule has 0 saturated carbocycles. The van der Waals surface area contributed by atoms with Crippen LogP contribution in [0.2, 0.25) is 0 Å². The molecule has 2 heterocycles. The number of benzene rings is 1. The summed E-state index contributed by atoms with van der Waals surface area (Å²) in [5.74, 6) is 0.675.